The van der Waals surface area contributed by atoms with E-state index in [1.54, 1.807) is 17.8 Å². The molecule has 0 radical (unpaired) electrons. The van der Waals surface area contributed by atoms with Gasteiger partial charge < -0.3 is 10.6 Å². The van der Waals surface area contributed by atoms with E-state index >= 15 is 0 Å². The maximum absolute atomic E-state index is 13.9. The third kappa shape index (κ3) is 2.80. The number of nitrogens with zero attached hydrogens (tertiary/aromatic N) is 4. The lowest BCUT2D eigenvalue weighted by atomic mass is 10.0. The van der Waals surface area contributed by atoms with Crippen LogP contribution in [0.2, 0.25) is 0 Å². The van der Waals surface area contributed by atoms with Crippen molar-refractivity contribution in [1.82, 2.24) is 14.6 Å². The fourth-order valence-corrected chi connectivity index (χ4v) is 4.15. The molecule has 134 valence electrons. The lowest BCUT2D eigenvalue weighted by Gasteiger charge is -2.27. The molecule has 4 rings (SSSR count). The Morgan fingerprint density at radius 1 is 1.35 bits per heavy atom. The van der Waals surface area contributed by atoms with E-state index in [0.717, 1.165) is 35.7 Å². The summed E-state index contributed by atoms with van der Waals surface area (Å²) in [5.74, 6) is -0.0922. The molecule has 1 atom stereocenters. The predicted octanol–water partition coefficient (Wildman–Crippen LogP) is 3.03. The number of fused-ring (bicyclic) bond motifs is 1. The van der Waals surface area contributed by atoms with Gasteiger partial charge in [-0.1, -0.05) is 0 Å². The quantitative estimate of drug-likeness (QED) is 0.714. The molecule has 2 aromatic heterocycles. The zero-order valence-corrected chi connectivity index (χ0v) is 15.0. The molecule has 8 heteroatoms. The molecule has 2 N–H and O–H groups in total. The van der Waals surface area contributed by atoms with Crippen molar-refractivity contribution in [3.8, 4) is 0 Å². The highest BCUT2D eigenvalue weighted by Crippen LogP contribution is 2.39. The summed E-state index contributed by atoms with van der Waals surface area (Å²) in [4.78, 5) is 18.9. The van der Waals surface area contributed by atoms with Crippen LogP contribution in [0.3, 0.4) is 0 Å². The Hall–Kier alpha value is -2.61. The molecule has 0 unspecified atom stereocenters. The minimum absolute atomic E-state index is 0.0404. The monoisotopic (exact) mass is 371 g/mol. The van der Waals surface area contributed by atoms with Crippen molar-refractivity contribution in [3.63, 3.8) is 0 Å². The lowest BCUT2D eigenvalue weighted by Crippen LogP contribution is -2.25. The van der Waals surface area contributed by atoms with E-state index < -0.39 is 5.91 Å². The van der Waals surface area contributed by atoms with E-state index in [0.29, 0.717) is 5.65 Å². The van der Waals surface area contributed by atoms with E-state index in [4.69, 9.17) is 5.73 Å². The van der Waals surface area contributed by atoms with Crippen molar-refractivity contribution < 1.29 is 9.18 Å². The van der Waals surface area contributed by atoms with E-state index in [1.807, 2.05) is 24.5 Å². The molecule has 1 aliphatic rings. The third-order valence-electron chi connectivity index (χ3n) is 4.70. The fourth-order valence-electron chi connectivity index (χ4n) is 3.51. The van der Waals surface area contributed by atoms with Gasteiger partial charge in [0.05, 0.1) is 12.2 Å². The molecule has 1 amide bonds. The summed E-state index contributed by atoms with van der Waals surface area (Å²) in [6.07, 6.45) is 5.32. The topological polar surface area (TPSA) is 76.5 Å². The van der Waals surface area contributed by atoms with E-state index in [9.17, 15) is 9.18 Å². The molecule has 1 saturated heterocycles. The summed E-state index contributed by atoms with van der Waals surface area (Å²) in [5, 5.41) is 4.57. The Morgan fingerprint density at radius 3 is 2.96 bits per heavy atom. The average molecular weight is 371 g/mol. The maximum atomic E-state index is 13.9. The van der Waals surface area contributed by atoms with Crippen LogP contribution in [0, 0.1) is 5.82 Å². The molecule has 3 aromatic rings. The minimum Gasteiger partial charge on any atom is -0.364 e. The Balaban J connectivity index is 1.77. The van der Waals surface area contributed by atoms with E-state index in [2.05, 4.69) is 15.0 Å². The number of carbonyl (C=O) groups is 1. The standard InChI is InChI=1S/C18H18FN5OS/c1-26-15-5-4-11(19)9-12(15)13-3-2-8-23(13)17-7-6-16-21-10-14(18(20)25)24(16)22-17/h4-7,9-10,13H,2-3,8H2,1H3,(H2,20,25)/t13-/m1/s1. The number of primary amides is 1. The molecule has 3 heterocycles. The van der Waals surface area contributed by atoms with Crippen molar-refractivity contribution in [1.29, 1.82) is 0 Å². The lowest BCUT2D eigenvalue weighted by molar-refractivity contribution is 0.0993. The maximum Gasteiger partial charge on any atom is 0.269 e. The average Bonchev–Trinajstić information content (AvgIpc) is 3.28. The summed E-state index contributed by atoms with van der Waals surface area (Å²) in [6, 6.07) is 8.65. The number of rotatable bonds is 4. The van der Waals surface area contributed by atoms with Gasteiger partial charge in [-0.25, -0.2) is 13.9 Å². The summed E-state index contributed by atoms with van der Waals surface area (Å²) in [7, 11) is 0. The van der Waals surface area contributed by atoms with Crippen LogP contribution in [0.25, 0.3) is 5.65 Å². The van der Waals surface area contributed by atoms with Gasteiger partial charge in [-0.2, -0.15) is 0 Å². The van der Waals surface area contributed by atoms with Crippen molar-refractivity contribution in [2.45, 2.75) is 23.8 Å². The molecule has 6 nitrogen and oxygen atoms in total. The molecule has 1 aromatic carbocycles. The van der Waals surface area contributed by atoms with Gasteiger partial charge in [0.2, 0.25) is 0 Å². The van der Waals surface area contributed by atoms with Crippen molar-refractivity contribution in [3.05, 3.63) is 53.6 Å². The second-order valence-corrected chi connectivity index (χ2v) is 7.05. The van der Waals surface area contributed by atoms with E-state index in [1.165, 1.54) is 16.8 Å². The van der Waals surface area contributed by atoms with Gasteiger partial charge in [0.1, 0.15) is 17.3 Å². The molecule has 1 aliphatic heterocycles. The number of hydrogen-bond acceptors (Lipinski definition) is 5. The van der Waals surface area contributed by atoms with Crippen molar-refractivity contribution in [2.75, 3.05) is 17.7 Å². The van der Waals surface area contributed by atoms with Gasteiger partial charge in [0, 0.05) is 11.4 Å². The predicted molar refractivity (Wildman–Crippen MR) is 99.0 cm³/mol. The van der Waals surface area contributed by atoms with Crippen LogP contribution in [-0.2, 0) is 0 Å². The SMILES string of the molecule is CSc1ccc(F)cc1[C@H]1CCCN1c1ccc2ncc(C(N)=O)n2n1. The van der Waals surface area contributed by atoms with Crippen LogP contribution in [0.1, 0.15) is 34.9 Å². The van der Waals surface area contributed by atoms with Crippen LogP contribution < -0.4 is 10.6 Å². The summed E-state index contributed by atoms with van der Waals surface area (Å²) in [5.41, 5.74) is 7.18. The molecule has 0 saturated carbocycles. The first-order valence-corrected chi connectivity index (χ1v) is 9.55. The van der Waals surface area contributed by atoms with Gasteiger partial charge in [-0.05, 0) is 55.0 Å². The van der Waals surface area contributed by atoms with Gasteiger partial charge in [0.25, 0.3) is 5.91 Å². The molecule has 1 fully saturated rings. The van der Waals surface area contributed by atoms with Crippen molar-refractivity contribution >= 4 is 29.1 Å². The van der Waals surface area contributed by atoms with Gasteiger partial charge in [-0.15, -0.1) is 16.9 Å². The Bertz CT molecular complexity index is 989. The number of carbonyl (C=O) groups excluding carboxylic acids is 1. The third-order valence-corrected chi connectivity index (χ3v) is 5.51. The van der Waals surface area contributed by atoms with Gasteiger partial charge in [-0.3, -0.25) is 4.79 Å². The van der Waals surface area contributed by atoms with Gasteiger partial charge >= 0.3 is 0 Å². The highest BCUT2D eigenvalue weighted by atomic mass is 32.2. The Labute approximate surface area is 154 Å². The second kappa shape index (κ2) is 6.60. The second-order valence-electron chi connectivity index (χ2n) is 6.21. The zero-order chi connectivity index (χ0) is 18.3. The number of nitrogens with two attached hydrogens (primary N) is 1. The summed E-state index contributed by atoms with van der Waals surface area (Å²) < 4.78 is 15.3. The van der Waals surface area contributed by atoms with E-state index in [-0.39, 0.29) is 17.6 Å². The number of aromatic nitrogens is 3. The fraction of sp³-hybridized carbons (Fsp3) is 0.278. The molecule has 26 heavy (non-hydrogen) atoms. The number of thioether (sulfide) groups is 1. The Morgan fingerprint density at radius 2 is 2.19 bits per heavy atom. The number of benzene rings is 1. The minimum atomic E-state index is -0.574. The first kappa shape index (κ1) is 16.8. The molecule has 0 bridgehead atoms. The van der Waals surface area contributed by atoms with Crippen molar-refractivity contribution in [2.24, 2.45) is 5.73 Å². The number of anilines is 1. The smallest absolute Gasteiger partial charge is 0.269 e. The zero-order valence-electron chi connectivity index (χ0n) is 14.2. The highest BCUT2D eigenvalue weighted by Gasteiger charge is 2.29. The summed E-state index contributed by atoms with van der Waals surface area (Å²) in [6.45, 7) is 0.814. The molecule has 0 aliphatic carbocycles. The number of amides is 1. The van der Waals surface area contributed by atoms with Crippen LogP contribution in [0.15, 0.2) is 41.4 Å². The first-order valence-electron chi connectivity index (χ1n) is 8.33. The normalized spacial score (nSPS) is 17.2. The van der Waals surface area contributed by atoms with Crippen LogP contribution in [0.4, 0.5) is 10.2 Å². The summed E-state index contributed by atoms with van der Waals surface area (Å²) >= 11 is 1.61. The molecular formula is C18H18FN5OS. The first-order chi connectivity index (χ1) is 12.6. The number of hydrogen-bond donors (Lipinski definition) is 1. The molecular weight excluding hydrogens is 353 g/mol. The van der Waals surface area contributed by atoms with Crippen LogP contribution >= 0.6 is 11.8 Å². The number of imidazole rings is 1. The van der Waals surface area contributed by atoms with Gasteiger partial charge in [0.15, 0.2) is 5.65 Å². The highest BCUT2D eigenvalue weighted by molar-refractivity contribution is 7.98. The van der Waals surface area contributed by atoms with Crippen LogP contribution in [0.5, 0.6) is 0 Å². The molecule has 0 spiro atoms. The number of halogens is 1. The van der Waals surface area contributed by atoms with Crippen LogP contribution in [-0.4, -0.2) is 33.3 Å². The Kier molecular flexibility index (Phi) is 4.28. The largest absolute Gasteiger partial charge is 0.364 e.